The monoisotopic (exact) mass is 431 g/mol. The maximum atomic E-state index is 12.8. The van der Waals surface area contributed by atoms with Crippen molar-refractivity contribution >= 4 is 40.6 Å². The van der Waals surface area contributed by atoms with Crippen LogP contribution >= 0.6 is 23.4 Å². The van der Waals surface area contributed by atoms with Crippen molar-refractivity contribution in [3.8, 4) is 11.5 Å². The third-order valence-corrected chi connectivity index (χ3v) is 5.36. The zero-order chi connectivity index (χ0) is 21.0. The summed E-state index contributed by atoms with van der Waals surface area (Å²) in [6, 6.07) is 12.6. The second-order valence-electron chi connectivity index (χ2n) is 6.67. The van der Waals surface area contributed by atoms with Gasteiger partial charge in [-0.2, -0.15) is 0 Å². The number of halogens is 1. The van der Waals surface area contributed by atoms with E-state index in [9.17, 15) is 9.59 Å². The van der Waals surface area contributed by atoms with E-state index in [-0.39, 0.29) is 23.8 Å². The van der Waals surface area contributed by atoms with E-state index in [0.717, 1.165) is 22.9 Å². The molecule has 5 nitrogen and oxygen atoms in total. The highest BCUT2D eigenvalue weighted by atomic mass is 35.5. The molecule has 2 amide bonds. The molecule has 0 N–H and O–H groups in total. The van der Waals surface area contributed by atoms with Crippen LogP contribution in [0.1, 0.15) is 31.9 Å². The van der Waals surface area contributed by atoms with Crippen LogP contribution in [0.2, 0.25) is 5.02 Å². The molecule has 152 valence electrons. The molecule has 2 aromatic rings. The van der Waals surface area contributed by atoms with E-state index in [1.165, 1.54) is 4.90 Å². The van der Waals surface area contributed by atoms with Crippen molar-refractivity contribution in [3.63, 3.8) is 0 Å². The summed E-state index contributed by atoms with van der Waals surface area (Å²) in [7, 11) is 0. The number of amides is 2. The Labute approximate surface area is 179 Å². The molecule has 0 unspecified atom stereocenters. The van der Waals surface area contributed by atoms with E-state index in [4.69, 9.17) is 21.1 Å². The smallest absolute Gasteiger partial charge is 0.293 e. The summed E-state index contributed by atoms with van der Waals surface area (Å²) in [6.45, 7) is 6.42. The highest BCUT2D eigenvalue weighted by Crippen LogP contribution is 2.36. The highest BCUT2D eigenvalue weighted by molar-refractivity contribution is 8.18. The lowest BCUT2D eigenvalue weighted by atomic mass is 10.1. The van der Waals surface area contributed by atoms with Crippen LogP contribution in [0.3, 0.4) is 0 Å². The predicted molar refractivity (Wildman–Crippen MR) is 116 cm³/mol. The molecule has 29 heavy (non-hydrogen) atoms. The van der Waals surface area contributed by atoms with Crippen LogP contribution in [0.5, 0.6) is 11.5 Å². The second kappa shape index (κ2) is 9.37. The molecule has 3 rings (SSSR count). The Morgan fingerprint density at radius 1 is 1.14 bits per heavy atom. The summed E-state index contributed by atoms with van der Waals surface area (Å²) in [5.41, 5.74) is 1.49. The van der Waals surface area contributed by atoms with Crippen molar-refractivity contribution in [1.82, 2.24) is 4.90 Å². The Morgan fingerprint density at radius 2 is 1.90 bits per heavy atom. The normalized spacial score (nSPS) is 15.5. The highest BCUT2D eigenvalue weighted by Gasteiger charge is 2.35. The van der Waals surface area contributed by atoms with Gasteiger partial charge in [-0.15, -0.1) is 0 Å². The lowest BCUT2D eigenvalue weighted by Crippen LogP contribution is -2.27. The minimum Gasteiger partial charge on any atom is -0.490 e. The van der Waals surface area contributed by atoms with Gasteiger partial charge in [0.05, 0.1) is 24.2 Å². The number of hydrogen-bond donors (Lipinski definition) is 0. The van der Waals surface area contributed by atoms with E-state index in [1.807, 2.05) is 51.1 Å². The van der Waals surface area contributed by atoms with Crippen molar-refractivity contribution in [3.05, 3.63) is 63.5 Å². The van der Waals surface area contributed by atoms with Gasteiger partial charge in [0.15, 0.2) is 11.5 Å². The quantitative estimate of drug-likeness (QED) is 0.521. The number of thioether (sulfide) groups is 1. The molecule has 1 heterocycles. The van der Waals surface area contributed by atoms with Crippen molar-refractivity contribution in [1.29, 1.82) is 0 Å². The van der Waals surface area contributed by atoms with Gasteiger partial charge in [0.25, 0.3) is 11.1 Å². The zero-order valence-electron chi connectivity index (χ0n) is 16.5. The van der Waals surface area contributed by atoms with Gasteiger partial charge in [0.1, 0.15) is 0 Å². The molecule has 1 aliphatic heterocycles. The summed E-state index contributed by atoms with van der Waals surface area (Å²) in [5.74, 6) is 0.913. The maximum Gasteiger partial charge on any atom is 0.293 e. The number of imide groups is 1. The SMILES string of the molecule is CCOc1cc(/C=C2\SC(=O)N(Cc3ccccc3Cl)C2=O)ccc1OC(C)C. The fourth-order valence-corrected chi connectivity index (χ4v) is 3.85. The molecule has 2 aromatic carbocycles. The molecule has 0 radical (unpaired) electrons. The third-order valence-electron chi connectivity index (χ3n) is 4.09. The van der Waals surface area contributed by atoms with Crippen LogP contribution < -0.4 is 9.47 Å². The van der Waals surface area contributed by atoms with E-state index in [2.05, 4.69) is 0 Å². The average Bonchev–Trinajstić information content (AvgIpc) is 2.93. The van der Waals surface area contributed by atoms with Gasteiger partial charge in [0, 0.05) is 5.02 Å². The van der Waals surface area contributed by atoms with Gasteiger partial charge in [0.2, 0.25) is 0 Å². The third kappa shape index (κ3) is 5.14. The van der Waals surface area contributed by atoms with Crippen LogP contribution in [-0.2, 0) is 11.3 Å². The number of carbonyl (C=O) groups is 2. The van der Waals surface area contributed by atoms with E-state index < -0.39 is 0 Å². The summed E-state index contributed by atoms with van der Waals surface area (Å²) in [5, 5.41) is 0.212. The Kier molecular flexibility index (Phi) is 6.87. The summed E-state index contributed by atoms with van der Waals surface area (Å²) in [4.78, 5) is 26.7. The molecule has 1 aliphatic rings. The molecule has 0 atom stereocenters. The minimum absolute atomic E-state index is 0.0152. The number of hydrogen-bond acceptors (Lipinski definition) is 5. The van der Waals surface area contributed by atoms with Gasteiger partial charge in [-0.3, -0.25) is 14.5 Å². The number of nitrogens with zero attached hydrogens (tertiary/aromatic N) is 1. The lowest BCUT2D eigenvalue weighted by molar-refractivity contribution is -0.123. The van der Waals surface area contributed by atoms with Gasteiger partial charge in [-0.05, 0) is 67.9 Å². The topological polar surface area (TPSA) is 55.8 Å². The van der Waals surface area contributed by atoms with Crippen LogP contribution in [0.25, 0.3) is 6.08 Å². The Hall–Kier alpha value is -2.44. The molecule has 0 aromatic heterocycles. The molecule has 0 bridgehead atoms. The lowest BCUT2D eigenvalue weighted by Gasteiger charge is -2.15. The Balaban J connectivity index is 1.83. The van der Waals surface area contributed by atoms with Crippen LogP contribution in [-0.4, -0.2) is 28.8 Å². The first-order chi connectivity index (χ1) is 13.9. The standard InChI is InChI=1S/C22H22ClNO4S/c1-4-27-19-11-15(9-10-18(19)28-14(2)3)12-20-21(25)24(22(26)29-20)13-16-7-5-6-8-17(16)23/h5-12,14H,4,13H2,1-3H3/b20-12-. The molecular weight excluding hydrogens is 410 g/mol. The fourth-order valence-electron chi connectivity index (χ4n) is 2.82. The number of carbonyl (C=O) groups excluding carboxylic acids is 2. The second-order valence-corrected chi connectivity index (χ2v) is 8.07. The number of benzene rings is 2. The molecule has 0 aliphatic carbocycles. The number of ether oxygens (including phenoxy) is 2. The van der Waals surface area contributed by atoms with Gasteiger partial charge in [-0.1, -0.05) is 35.9 Å². The van der Waals surface area contributed by atoms with Crippen molar-refractivity contribution in [2.75, 3.05) is 6.61 Å². The number of rotatable bonds is 7. The zero-order valence-corrected chi connectivity index (χ0v) is 18.0. The van der Waals surface area contributed by atoms with Gasteiger partial charge >= 0.3 is 0 Å². The molecular formula is C22H22ClNO4S. The van der Waals surface area contributed by atoms with Crippen LogP contribution in [0.4, 0.5) is 4.79 Å². The Morgan fingerprint density at radius 3 is 2.59 bits per heavy atom. The van der Waals surface area contributed by atoms with E-state index in [0.29, 0.717) is 28.0 Å². The minimum atomic E-state index is -0.333. The summed E-state index contributed by atoms with van der Waals surface area (Å²) < 4.78 is 11.4. The largest absolute Gasteiger partial charge is 0.490 e. The molecule has 1 fully saturated rings. The van der Waals surface area contributed by atoms with Crippen molar-refractivity contribution in [2.45, 2.75) is 33.4 Å². The average molecular weight is 432 g/mol. The first-order valence-corrected chi connectivity index (χ1v) is 10.5. The van der Waals surface area contributed by atoms with Gasteiger partial charge < -0.3 is 9.47 Å². The van der Waals surface area contributed by atoms with Crippen LogP contribution in [0.15, 0.2) is 47.4 Å². The van der Waals surface area contributed by atoms with E-state index >= 15 is 0 Å². The molecule has 7 heteroatoms. The summed E-state index contributed by atoms with van der Waals surface area (Å²) in [6.07, 6.45) is 1.71. The van der Waals surface area contributed by atoms with Crippen molar-refractivity contribution < 1.29 is 19.1 Å². The van der Waals surface area contributed by atoms with E-state index in [1.54, 1.807) is 18.2 Å². The Bertz CT molecular complexity index is 958. The first-order valence-electron chi connectivity index (χ1n) is 9.31. The fraction of sp³-hybridized carbons (Fsp3) is 0.273. The predicted octanol–water partition coefficient (Wildman–Crippen LogP) is 5.76. The summed E-state index contributed by atoms with van der Waals surface area (Å²) >= 11 is 7.08. The van der Waals surface area contributed by atoms with Gasteiger partial charge in [-0.25, -0.2) is 0 Å². The molecule has 0 saturated carbocycles. The first kappa shape index (κ1) is 21.3. The molecule has 0 spiro atoms. The van der Waals surface area contributed by atoms with Crippen LogP contribution in [0, 0.1) is 0 Å². The molecule has 1 saturated heterocycles. The van der Waals surface area contributed by atoms with Crippen molar-refractivity contribution in [2.24, 2.45) is 0 Å². The maximum absolute atomic E-state index is 12.8.